The number of imide groups is 1. The fourth-order valence-corrected chi connectivity index (χ4v) is 1.13. The van der Waals surface area contributed by atoms with Crippen molar-refractivity contribution in [1.82, 2.24) is 4.90 Å². The number of amides is 2. The van der Waals surface area contributed by atoms with Gasteiger partial charge in [0.05, 0.1) is 0 Å². The van der Waals surface area contributed by atoms with Crippen LogP contribution in [0.5, 0.6) is 0 Å². The molecule has 0 N–H and O–H groups in total. The first-order chi connectivity index (χ1) is 5.04. The van der Waals surface area contributed by atoms with Crippen LogP contribution in [0.1, 0.15) is 13.8 Å². The number of rotatable bonds is 1. The van der Waals surface area contributed by atoms with Crippen LogP contribution in [0.25, 0.3) is 0 Å². The Morgan fingerprint density at radius 3 is 2.18 bits per heavy atom. The quantitative estimate of drug-likeness (QED) is 0.553. The molecule has 0 atom stereocenters. The first-order valence-corrected chi connectivity index (χ1v) is 3.66. The lowest BCUT2D eigenvalue weighted by Crippen LogP contribution is -2.36. The van der Waals surface area contributed by atoms with Crippen LogP contribution in [-0.2, 0) is 9.59 Å². The molecule has 11 heavy (non-hydrogen) atoms. The van der Waals surface area contributed by atoms with Crippen molar-refractivity contribution in [2.45, 2.75) is 19.9 Å². The van der Waals surface area contributed by atoms with Crippen molar-refractivity contribution in [3.63, 3.8) is 0 Å². The van der Waals surface area contributed by atoms with E-state index in [0.717, 1.165) is 11.0 Å². The molecule has 0 aromatic carbocycles. The van der Waals surface area contributed by atoms with Gasteiger partial charge in [-0.15, -0.1) is 0 Å². The fourth-order valence-electron chi connectivity index (χ4n) is 0.944. The van der Waals surface area contributed by atoms with Crippen molar-refractivity contribution in [2.75, 3.05) is 0 Å². The Morgan fingerprint density at radius 1 is 1.45 bits per heavy atom. The molecule has 4 heteroatoms. The van der Waals surface area contributed by atoms with E-state index in [0.29, 0.717) is 0 Å². The van der Waals surface area contributed by atoms with E-state index in [1.165, 1.54) is 0 Å². The predicted molar refractivity (Wildman–Crippen MR) is 40.9 cm³/mol. The molecular formula is C7H8ClNO2. The van der Waals surface area contributed by atoms with E-state index in [-0.39, 0.29) is 17.0 Å². The molecule has 1 heterocycles. The molecular weight excluding hydrogens is 166 g/mol. The average Bonchev–Trinajstić information content (AvgIpc) is 2.07. The van der Waals surface area contributed by atoms with E-state index in [1.54, 1.807) is 13.8 Å². The van der Waals surface area contributed by atoms with E-state index in [4.69, 9.17) is 11.6 Å². The van der Waals surface area contributed by atoms with Crippen molar-refractivity contribution in [2.24, 2.45) is 0 Å². The van der Waals surface area contributed by atoms with Gasteiger partial charge in [-0.3, -0.25) is 14.5 Å². The summed E-state index contributed by atoms with van der Waals surface area (Å²) in [6.45, 7) is 3.53. The maximum absolute atomic E-state index is 11.1. The van der Waals surface area contributed by atoms with Crippen LogP contribution in [0.4, 0.5) is 0 Å². The molecule has 1 aliphatic rings. The van der Waals surface area contributed by atoms with Gasteiger partial charge >= 0.3 is 0 Å². The zero-order valence-corrected chi connectivity index (χ0v) is 7.05. The molecule has 0 fully saturated rings. The highest BCUT2D eigenvalue weighted by Gasteiger charge is 2.31. The van der Waals surface area contributed by atoms with Gasteiger partial charge in [-0.2, -0.15) is 0 Å². The minimum absolute atomic E-state index is 0.00343. The van der Waals surface area contributed by atoms with Crippen LogP contribution >= 0.6 is 11.6 Å². The molecule has 60 valence electrons. The molecule has 0 saturated carbocycles. The summed E-state index contributed by atoms with van der Waals surface area (Å²) in [5.41, 5.74) is 0. The number of halogens is 1. The zero-order chi connectivity index (χ0) is 8.59. The van der Waals surface area contributed by atoms with Crippen LogP contribution in [0.2, 0.25) is 0 Å². The lowest BCUT2D eigenvalue weighted by Gasteiger charge is -2.17. The second-order valence-corrected chi connectivity index (χ2v) is 3.01. The van der Waals surface area contributed by atoms with E-state index >= 15 is 0 Å². The standard InChI is InChI=1S/C7H8ClNO2/c1-4(2)9-6(10)3-5(8)7(9)11/h3-4H,1-2H3. The second kappa shape index (κ2) is 2.66. The highest BCUT2D eigenvalue weighted by molar-refractivity contribution is 6.46. The van der Waals surface area contributed by atoms with Gasteiger partial charge in [-0.25, -0.2) is 0 Å². The highest BCUT2D eigenvalue weighted by Crippen LogP contribution is 2.17. The molecule has 0 aromatic rings. The minimum Gasteiger partial charge on any atom is -0.272 e. The number of hydrogen-bond donors (Lipinski definition) is 0. The summed E-state index contributed by atoms with van der Waals surface area (Å²) in [4.78, 5) is 23.2. The van der Waals surface area contributed by atoms with Gasteiger partial charge in [0.2, 0.25) is 0 Å². The van der Waals surface area contributed by atoms with Gasteiger partial charge in [0.25, 0.3) is 11.8 Å². The maximum atomic E-state index is 11.1. The maximum Gasteiger partial charge on any atom is 0.272 e. The van der Waals surface area contributed by atoms with Gasteiger partial charge in [0.15, 0.2) is 0 Å². The van der Waals surface area contributed by atoms with Crippen LogP contribution in [0.3, 0.4) is 0 Å². The Hall–Kier alpha value is -0.830. The largest absolute Gasteiger partial charge is 0.272 e. The van der Waals surface area contributed by atoms with Crippen LogP contribution < -0.4 is 0 Å². The zero-order valence-electron chi connectivity index (χ0n) is 6.30. The topological polar surface area (TPSA) is 37.4 Å². The number of nitrogens with zero attached hydrogens (tertiary/aromatic N) is 1. The van der Waals surface area contributed by atoms with Gasteiger partial charge in [-0.1, -0.05) is 11.6 Å². The van der Waals surface area contributed by atoms with E-state index in [1.807, 2.05) is 0 Å². The highest BCUT2D eigenvalue weighted by atomic mass is 35.5. The number of carbonyl (C=O) groups excluding carboxylic acids is 2. The smallest absolute Gasteiger partial charge is 0.272 e. The van der Waals surface area contributed by atoms with Crippen LogP contribution in [0, 0.1) is 0 Å². The third-order valence-electron chi connectivity index (χ3n) is 1.43. The number of hydrogen-bond acceptors (Lipinski definition) is 2. The third kappa shape index (κ3) is 1.28. The molecule has 1 rings (SSSR count). The summed E-state index contributed by atoms with van der Waals surface area (Å²) in [5.74, 6) is -0.721. The van der Waals surface area contributed by atoms with E-state index in [2.05, 4.69) is 0 Å². The summed E-state index contributed by atoms with van der Waals surface area (Å²) in [6.07, 6.45) is 1.14. The summed E-state index contributed by atoms with van der Waals surface area (Å²) in [5, 5.41) is 0.00343. The van der Waals surface area contributed by atoms with Crippen molar-refractivity contribution < 1.29 is 9.59 Å². The average molecular weight is 174 g/mol. The summed E-state index contributed by atoms with van der Waals surface area (Å²) in [7, 11) is 0. The molecule has 0 radical (unpaired) electrons. The molecule has 2 amide bonds. The van der Waals surface area contributed by atoms with Gasteiger partial charge in [0, 0.05) is 12.1 Å². The fraction of sp³-hybridized carbons (Fsp3) is 0.429. The normalized spacial score (nSPS) is 18.2. The lowest BCUT2D eigenvalue weighted by molar-refractivity contribution is -0.138. The Bertz CT molecular complexity index is 245. The van der Waals surface area contributed by atoms with Gasteiger partial charge < -0.3 is 0 Å². The second-order valence-electron chi connectivity index (χ2n) is 2.60. The Morgan fingerprint density at radius 2 is 2.00 bits per heavy atom. The summed E-state index contributed by atoms with van der Waals surface area (Å²) >= 11 is 5.45. The Labute approximate surface area is 69.6 Å². The lowest BCUT2D eigenvalue weighted by atomic mass is 10.3. The number of carbonyl (C=O) groups is 2. The monoisotopic (exact) mass is 173 g/mol. The molecule has 0 spiro atoms. The van der Waals surface area contributed by atoms with E-state index < -0.39 is 5.91 Å². The summed E-state index contributed by atoms with van der Waals surface area (Å²) in [6, 6.07) is -0.123. The van der Waals surface area contributed by atoms with Gasteiger partial charge in [-0.05, 0) is 13.8 Å². The molecule has 0 aromatic heterocycles. The van der Waals surface area contributed by atoms with E-state index in [9.17, 15) is 9.59 Å². The van der Waals surface area contributed by atoms with Crippen molar-refractivity contribution in [1.29, 1.82) is 0 Å². The predicted octanol–water partition coefficient (Wildman–Crippen LogP) is 0.886. The molecule has 3 nitrogen and oxygen atoms in total. The third-order valence-corrected chi connectivity index (χ3v) is 1.70. The molecule has 0 unspecified atom stereocenters. The SMILES string of the molecule is CC(C)N1C(=O)C=C(Cl)C1=O. The molecule has 0 bridgehead atoms. The van der Waals surface area contributed by atoms with Crippen LogP contribution in [0.15, 0.2) is 11.1 Å². The Kier molecular flexibility index (Phi) is 2.00. The van der Waals surface area contributed by atoms with Crippen molar-refractivity contribution in [3.8, 4) is 0 Å². The first-order valence-electron chi connectivity index (χ1n) is 3.28. The molecule has 0 saturated heterocycles. The molecule has 1 aliphatic heterocycles. The molecule has 0 aliphatic carbocycles. The summed E-state index contributed by atoms with van der Waals surface area (Å²) < 4.78 is 0. The van der Waals surface area contributed by atoms with Crippen LogP contribution in [-0.4, -0.2) is 22.8 Å². The Balaban J connectivity index is 2.90. The first kappa shape index (κ1) is 8.27. The van der Waals surface area contributed by atoms with Crippen molar-refractivity contribution in [3.05, 3.63) is 11.1 Å². The van der Waals surface area contributed by atoms with Gasteiger partial charge in [0.1, 0.15) is 5.03 Å². The van der Waals surface area contributed by atoms with Crippen molar-refractivity contribution >= 4 is 23.4 Å². The minimum atomic E-state index is -0.397.